The van der Waals surface area contributed by atoms with E-state index in [-0.39, 0.29) is 22.2 Å². The Bertz CT molecular complexity index is 697. The van der Waals surface area contributed by atoms with Gasteiger partial charge in [0.1, 0.15) is 0 Å². The zero-order chi connectivity index (χ0) is 21.4. The highest BCUT2D eigenvalue weighted by Gasteiger charge is 2.55. The third-order valence-electron chi connectivity index (χ3n) is 9.08. The molecule has 3 aliphatic carbocycles. The van der Waals surface area contributed by atoms with Crippen molar-refractivity contribution in [3.05, 3.63) is 24.3 Å². The molecule has 4 heteroatoms. The second-order valence-electron chi connectivity index (χ2n) is 11.4. The number of carbonyl (C=O) groups is 1. The van der Waals surface area contributed by atoms with Crippen molar-refractivity contribution in [2.75, 3.05) is 39.3 Å². The number of nitrogens with one attached hydrogen (secondary N) is 1. The van der Waals surface area contributed by atoms with Crippen molar-refractivity contribution < 1.29 is 9.53 Å². The van der Waals surface area contributed by atoms with E-state index in [0.29, 0.717) is 25.0 Å². The topological polar surface area (TPSA) is 41.6 Å². The van der Waals surface area contributed by atoms with Crippen LogP contribution in [0.1, 0.15) is 65.7 Å². The molecule has 0 aromatic heterocycles. The lowest BCUT2D eigenvalue weighted by atomic mass is 9.46. The van der Waals surface area contributed by atoms with Crippen molar-refractivity contribution in [1.29, 1.82) is 0 Å². The Balaban J connectivity index is 1.44. The molecular weight excluding hydrogens is 372 g/mol. The van der Waals surface area contributed by atoms with E-state index in [0.717, 1.165) is 32.6 Å². The van der Waals surface area contributed by atoms with Crippen LogP contribution in [0.2, 0.25) is 0 Å². The van der Waals surface area contributed by atoms with E-state index in [1.165, 1.54) is 38.5 Å². The van der Waals surface area contributed by atoms with Gasteiger partial charge in [-0.15, -0.1) is 6.58 Å². The average molecular weight is 415 g/mol. The Morgan fingerprint density at radius 3 is 2.77 bits per heavy atom. The quantitative estimate of drug-likeness (QED) is 0.528. The molecule has 1 aliphatic heterocycles. The molecule has 0 amide bonds. The van der Waals surface area contributed by atoms with Gasteiger partial charge in [-0.2, -0.15) is 0 Å². The molecule has 0 unspecified atom stereocenters. The van der Waals surface area contributed by atoms with Gasteiger partial charge in [0.25, 0.3) is 0 Å². The highest BCUT2D eigenvalue weighted by molar-refractivity contribution is 5.71. The lowest BCUT2D eigenvalue weighted by molar-refractivity contribution is -0.154. The Labute approximate surface area is 183 Å². The minimum Gasteiger partial charge on any atom is -0.464 e. The van der Waals surface area contributed by atoms with E-state index < -0.39 is 0 Å². The summed E-state index contributed by atoms with van der Waals surface area (Å²) in [5.41, 5.74) is 2.34. The van der Waals surface area contributed by atoms with Crippen molar-refractivity contribution in [1.82, 2.24) is 10.2 Å². The second kappa shape index (κ2) is 8.43. The number of piperazine rings is 1. The summed E-state index contributed by atoms with van der Waals surface area (Å²) < 4.78 is 5.93. The molecule has 0 aromatic carbocycles. The van der Waals surface area contributed by atoms with Gasteiger partial charge < -0.3 is 10.1 Å². The van der Waals surface area contributed by atoms with Gasteiger partial charge in [-0.1, -0.05) is 44.9 Å². The van der Waals surface area contributed by atoms with Crippen molar-refractivity contribution in [2.24, 2.45) is 28.1 Å². The van der Waals surface area contributed by atoms with Crippen LogP contribution in [0.25, 0.3) is 0 Å². The van der Waals surface area contributed by atoms with Gasteiger partial charge in [-0.25, -0.2) is 0 Å². The first-order chi connectivity index (χ1) is 14.3. The second-order valence-corrected chi connectivity index (χ2v) is 11.4. The van der Waals surface area contributed by atoms with Crippen LogP contribution in [0.4, 0.5) is 0 Å². The normalized spacial score (nSPS) is 41.9. The molecule has 0 bridgehead atoms. The van der Waals surface area contributed by atoms with E-state index in [4.69, 9.17) is 4.74 Å². The third kappa shape index (κ3) is 4.14. The smallest absolute Gasteiger partial charge is 0.320 e. The van der Waals surface area contributed by atoms with Crippen LogP contribution in [0.3, 0.4) is 0 Å². The van der Waals surface area contributed by atoms with E-state index in [1.54, 1.807) is 5.57 Å². The number of hydrogen-bond acceptors (Lipinski definition) is 4. The molecule has 4 aliphatic rings. The van der Waals surface area contributed by atoms with E-state index in [9.17, 15) is 4.79 Å². The summed E-state index contributed by atoms with van der Waals surface area (Å²) in [5, 5.41) is 3.34. The third-order valence-corrected chi connectivity index (χ3v) is 9.08. The summed E-state index contributed by atoms with van der Waals surface area (Å²) >= 11 is 0. The number of hydrogen-bond donors (Lipinski definition) is 1. The standard InChI is InChI=1S/C26H42N2O2/c1-5-24(2)12-9-21-20(17-24)7-8-22-25(3,10-6-11-26(21,22)4)19-30-23(29)18-28-15-13-27-14-16-28/h5,9,20,22,27H,1,6-8,10-19H2,2-4H3/t20-,22+,24-,25-,26-/m0/s1. The maximum absolute atomic E-state index is 12.6. The summed E-state index contributed by atoms with van der Waals surface area (Å²) in [5.74, 6) is 1.28. The molecule has 0 aromatic rings. The highest BCUT2D eigenvalue weighted by atomic mass is 16.5. The fraction of sp³-hybridized carbons (Fsp3) is 0.808. The number of carbonyl (C=O) groups excluding carboxylic acids is 1. The van der Waals surface area contributed by atoms with Crippen LogP contribution in [0.15, 0.2) is 24.3 Å². The van der Waals surface area contributed by atoms with Gasteiger partial charge in [-0.05, 0) is 61.2 Å². The number of nitrogens with zero attached hydrogens (tertiary/aromatic N) is 1. The summed E-state index contributed by atoms with van der Waals surface area (Å²) in [7, 11) is 0. The number of esters is 1. The van der Waals surface area contributed by atoms with Crippen molar-refractivity contribution in [3.63, 3.8) is 0 Å². The molecule has 1 saturated heterocycles. The maximum atomic E-state index is 12.6. The van der Waals surface area contributed by atoms with Crippen LogP contribution in [-0.4, -0.2) is 50.2 Å². The lowest BCUT2D eigenvalue weighted by Crippen LogP contribution is -2.52. The molecule has 2 saturated carbocycles. The molecule has 30 heavy (non-hydrogen) atoms. The fourth-order valence-electron chi connectivity index (χ4n) is 7.26. The van der Waals surface area contributed by atoms with Gasteiger partial charge in [0.05, 0.1) is 13.2 Å². The largest absolute Gasteiger partial charge is 0.464 e. The number of rotatable bonds is 5. The number of fused-ring (bicyclic) bond motifs is 3. The minimum absolute atomic E-state index is 0.0438. The minimum atomic E-state index is -0.0438. The van der Waals surface area contributed by atoms with E-state index in [2.05, 4.69) is 49.7 Å². The van der Waals surface area contributed by atoms with Crippen LogP contribution >= 0.6 is 0 Å². The SMILES string of the molecule is C=C[C@@]1(C)CC=C2[C@@H](CC[C@@H]3[C@](C)(COC(=O)CN4CCNCC4)CCC[C@@]23C)C1. The highest BCUT2D eigenvalue weighted by Crippen LogP contribution is 2.63. The van der Waals surface area contributed by atoms with Gasteiger partial charge in [-0.3, -0.25) is 9.69 Å². The van der Waals surface area contributed by atoms with Crippen LogP contribution in [0.5, 0.6) is 0 Å². The number of allylic oxidation sites excluding steroid dienone is 3. The molecule has 3 fully saturated rings. The van der Waals surface area contributed by atoms with Gasteiger partial charge >= 0.3 is 5.97 Å². The Morgan fingerprint density at radius 1 is 1.27 bits per heavy atom. The predicted octanol–water partition coefficient (Wildman–Crippen LogP) is 4.57. The fourth-order valence-corrected chi connectivity index (χ4v) is 7.26. The summed E-state index contributed by atoms with van der Waals surface area (Å²) in [6, 6.07) is 0. The van der Waals surface area contributed by atoms with Crippen molar-refractivity contribution in [3.8, 4) is 0 Å². The maximum Gasteiger partial charge on any atom is 0.320 e. The zero-order valence-corrected chi connectivity index (χ0v) is 19.5. The Kier molecular flexibility index (Phi) is 6.20. The molecule has 4 rings (SSSR count). The molecule has 1 heterocycles. The Morgan fingerprint density at radius 2 is 2.03 bits per heavy atom. The molecule has 0 spiro atoms. The first-order valence-corrected chi connectivity index (χ1v) is 12.2. The van der Waals surface area contributed by atoms with Gasteiger partial charge in [0.15, 0.2) is 0 Å². The lowest BCUT2D eigenvalue weighted by Gasteiger charge is -2.59. The van der Waals surface area contributed by atoms with Crippen LogP contribution in [0, 0.1) is 28.1 Å². The van der Waals surface area contributed by atoms with Gasteiger partial charge in [0.2, 0.25) is 0 Å². The van der Waals surface area contributed by atoms with Crippen LogP contribution < -0.4 is 5.32 Å². The first-order valence-electron chi connectivity index (χ1n) is 12.2. The van der Waals surface area contributed by atoms with E-state index in [1.807, 2.05) is 0 Å². The van der Waals surface area contributed by atoms with E-state index >= 15 is 0 Å². The number of ether oxygens (including phenoxy) is 1. The summed E-state index contributed by atoms with van der Waals surface area (Å²) in [4.78, 5) is 14.8. The summed E-state index contributed by atoms with van der Waals surface area (Å²) in [6.45, 7) is 16.2. The molecule has 4 nitrogen and oxygen atoms in total. The predicted molar refractivity (Wildman–Crippen MR) is 122 cm³/mol. The van der Waals surface area contributed by atoms with Crippen molar-refractivity contribution in [2.45, 2.75) is 65.7 Å². The molecule has 0 radical (unpaired) electrons. The molecular formula is C26H42N2O2. The molecule has 168 valence electrons. The molecule has 1 N–H and O–H groups in total. The first kappa shape index (κ1) is 22.1. The monoisotopic (exact) mass is 414 g/mol. The van der Waals surface area contributed by atoms with Gasteiger partial charge in [0, 0.05) is 31.6 Å². The summed E-state index contributed by atoms with van der Waals surface area (Å²) in [6.07, 6.45) is 13.4. The Hall–Kier alpha value is -1.13. The van der Waals surface area contributed by atoms with Crippen LogP contribution in [-0.2, 0) is 9.53 Å². The average Bonchev–Trinajstić information content (AvgIpc) is 2.73. The molecule has 5 atom stereocenters. The van der Waals surface area contributed by atoms with Crippen molar-refractivity contribution >= 4 is 5.97 Å². The zero-order valence-electron chi connectivity index (χ0n) is 19.5.